The fourth-order valence-electron chi connectivity index (χ4n) is 6.05. The topological polar surface area (TPSA) is 257 Å². The summed E-state index contributed by atoms with van der Waals surface area (Å²) in [5, 5.41) is 55.1. The quantitative estimate of drug-likeness (QED) is 0.0786. The molecule has 0 atom stereocenters. The molecule has 0 bridgehead atoms. The summed E-state index contributed by atoms with van der Waals surface area (Å²) in [4.78, 5) is 28.8. The third kappa shape index (κ3) is 11.3. The second-order valence-electron chi connectivity index (χ2n) is 13.2. The van der Waals surface area contributed by atoms with Crippen molar-refractivity contribution in [2.45, 2.75) is 28.5 Å². The van der Waals surface area contributed by atoms with Gasteiger partial charge in [0, 0.05) is 57.4 Å². The van der Waals surface area contributed by atoms with Gasteiger partial charge in [-0.3, -0.25) is 9.78 Å². The molecule has 0 aliphatic carbocycles. The van der Waals surface area contributed by atoms with Crippen molar-refractivity contribution in [2.75, 3.05) is 30.0 Å². The Balaban J connectivity index is 0.000000216. The monoisotopic (exact) mass is 919 g/mol. The number of pyridine rings is 3. The van der Waals surface area contributed by atoms with Crippen molar-refractivity contribution in [1.82, 2.24) is 19.9 Å². The maximum Gasteiger partial charge on any atom is 0.221 e. The highest BCUT2D eigenvalue weighted by atomic mass is 35.5. The van der Waals surface area contributed by atoms with E-state index < -0.39 is 0 Å². The molecule has 14 nitrogen and oxygen atoms in total. The van der Waals surface area contributed by atoms with E-state index >= 15 is 0 Å². The molecule has 0 aliphatic rings. The Kier molecular flexibility index (Phi) is 15.9. The highest BCUT2D eigenvalue weighted by molar-refractivity contribution is 7.98. The fraction of sp³-hybridized carbons (Fsp3) is 0.109. The molecule has 1 amide bonds. The van der Waals surface area contributed by atoms with Crippen LogP contribution in [0.5, 0.6) is 5.75 Å². The average molecular weight is 921 g/mol. The molecule has 7 rings (SSSR count). The number of thiazole rings is 1. The summed E-state index contributed by atoms with van der Waals surface area (Å²) in [6.07, 6.45) is 1.70. The zero-order valence-corrected chi connectivity index (χ0v) is 36.9. The van der Waals surface area contributed by atoms with Crippen LogP contribution in [0, 0.1) is 45.3 Å². The molecule has 316 valence electrons. The van der Waals surface area contributed by atoms with E-state index in [1.54, 1.807) is 54.7 Å². The number of aliphatic hydroxyl groups is 1. The van der Waals surface area contributed by atoms with Gasteiger partial charge in [-0.05, 0) is 59.7 Å². The lowest BCUT2D eigenvalue weighted by atomic mass is 9.96. The Bertz CT molecular complexity index is 2960. The summed E-state index contributed by atoms with van der Waals surface area (Å²) in [6, 6.07) is 35.4. The maximum absolute atomic E-state index is 11.2. The van der Waals surface area contributed by atoms with Gasteiger partial charge in [0.15, 0.2) is 0 Å². The SMILES string of the molecule is CC(=O)Nc1ccc(-c2c(C#N)c(N)nc(SCc3ccccn3)c2C#N)cc1.N#Cc1c(N)nc(SCc2csc(-c3ccc(Cl)cc3)n2)c(C#N)c1-c1ccc(OCCO)cc1. The van der Waals surface area contributed by atoms with Gasteiger partial charge in [-0.25, -0.2) is 15.0 Å². The summed E-state index contributed by atoms with van der Waals surface area (Å²) in [5.74, 6) is 1.49. The average Bonchev–Trinajstić information content (AvgIpc) is 3.79. The number of carbonyl (C=O) groups excluding carboxylic acids is 1. The number of aromatic nitrogens is 4. The van der Waals surface area contributed by atoms with Gasteiger partial charge < -0.3 is 26.6 Å². The molecule has 4 aromatic heterocycles. The number of benzene rings is 3. The number of nitrogen functional groups attached to an aromatic ring is 2. The predicted molar refractivity (Wildman–Crippen MR) is 250 cm³/mol. The van der Waals surface area contributed by atoms with Crippen molar-refractivity contribution < 1.29 is 14.6 Å². The number of ether oxygens (including phenoxy) is 1. The van der Waals surface area contributed by atoms with Gasteiger partial charge in [-0.2, -0.15) is 21.0 Å². The molecule has 0 unspecified atom stereocenters. The van der Waals surface area contributed by atoms with Crippen LogP contribution in [0.1, 0.15) is 40.6 Å². The summed E-state index contributed by atoms with van der Waals surface area (Å²) < 4.78 is 5.40. The van der Waals surface area contributed by atoms with Crippen molar-refractivity contribution in [2.24, 2.45) is 0 Å². The number of hydrogen-bond acceptors (Lipinski definition) is 16. The summed E-state index contributed by atoms with van der Waals surface area (Å²) in [5.41, 5.74) is 18.4. The Morgan fingerprint density at radius 2 is 1.27 bits per heavy atom. The number of halogens is 1. The number of amides is 1. The molecular formula is C46H34ClN11O3S3. The summed E-state index contributed by atoms with van der Waals surface area (Å²) >= 11 is 10.2. The van der Waals surface area contributed by atoms with Crippen LogP contribution in [0.25, 0.3) is 32.8 Å². The molecule has 0 spiro atoms. The van der Waals surface area contributed by atoms with Crippen LogP contribution in [0.4, 0.5) is 17.3 Å². The van der Waals surface area contributed by atoms with Crippen LogP contribution >= 0.6 is 46.5 Å². The Labute approximate surface area is 385 Å². The first-order valence-corrected chi connectivity index (χ1v) is 22.2. The first-order chi connectivity index (χ1) is 31.1. The molecular weight excluding hydrogens is 886 g/mol. The molecule has 7 aromatic rings. The van der Waals surface area contributed by atoms with Crippen LogP contribution in [0.15, 0.2) is 113 Å². The molecule has 0 fully saturated rings. The molecule has 3 aromatic carbocycles. The van der Waals surface area contributed by atoms with Crippen molar-refractivity contribution >= 4 is 69.7 Å². The third-order valence-corrected chi connectivity index (χ3v) is 12.1. The number of carbonyl (C=O) groups is 1. The molecule has 0 saturated heterocycles. The minimum Gasteiger partial charge on any atom is -0.491 e. The minimum absolute atomic E-state index is 0.0599. The smallest absolute Gasteiger partial charge is 0.221 e. The van der Waals surface area contributed by atoms with E-state index in [0.717, 1.165) is 22.0 Å². The molecule has 64 heavy (non-hydrogen) atoms. The second kappa shape index (κ2) is 22.0. The van der Waals surface area contributed by atoms with E-state index in [1.165, 1.54) is 41.8 Å². The predicted octanol–water partition coefficient (Wildman–Crippen LogP) is 9.23. The Morgan fingerprint density at radius 3 is 1.77 bits per heavy atom. The fourth-order valence-corrected chi connectivity index (χ4v) is 8.91. The number of thioether (sulfide) groups is 2. The van der Waals surface area contributed by atoms with Gasteiger partial charge in [0.2, 0.25) is 5.91 Å². The first-order valence-electron chi connectivity index (χ1n) is 18.9. The summed E-state index contributed by atoms with van der Waals surface area (Å²) in [6.45, 7) is 1.50. The van der Waals surface area contributed by atoms with Gasteiger partial charge in [-0.1, -0.05) is 77.6 Å². The highest BCUT2D eigenvalue weighted by Gasteiger charge is 2.22. The lowest BCUT2D eigenvalue weighted by Crippen LogP contribution is -2.06. The van der Waals surface area contributed by atoms with Gasteiger partial charge in [0.25, 0.3) is 0 Å². The highest BCUT2D eigenvalue weighted by Crippen LogP contribution is 2.39. The minimum atomic E-state index is -0.186. The summed E-state index contributed by atoms with van der Waals surface area (Å²) in [7, 11) is 0. The van der Waals surface area contributed by atoms with E-state index in [1.807, 2.05) is 47.8 Å². The van der Waals surface area contributed by atoms with E-state index in [0.29, 0.717) is 60.3 Å². The molecule has 18 heteroatoms. The first kappa shape index (κ1) is 46.0. The van der Waals surface area contributed by atoms with Crippen LogP contribution < -0.4 is 21.5 Å². The number of nitrogens with zero attached hydrogens (tertiary/aromatic N) is 8. The molecule has 0 aliphatic heterocycles. The van der Waals surface area contributed by atoms with Gasteiger partial charge in [-0.15, -0.1) is 11.3 Å². The number of nitriles is 4. The lowest BCUT2D eigenvalue weighted by Gasteiger charge is -2.13. The number of nitrogens with one attached hydrogen (secondary N) is 1. The number of rotatable bonds is 13. The van der Waals surface area contributed by atoms with E-state index in [4.69, 9.17) is 32.9 Å². The third-order valence-electron chi connectivity index (χ3n) is 8.91. The molecule has 0 radical (unpaired) electrons. The van der Waals surface area contributed by atoms with Gasteiger partial charge in [0.05, 0.1) is 29.1 Å². The Hall–Kier alpha value is -7.48. The van der Waals surface area contributed by atoms with Crippen LogP contribution in [0.3, 0.4) is 0 Å². The standard InChI is InChI=1S/C25H18ClN5O2S2.C21H16N6OS/c26-17-5-1-16(2-6-17)24-30-18(13-34-24)14-35-25-21(12-28)22(20(11-27)23(29)31-25)15-3-7-19(8-4-15)33-10-9-32;1-13(28)26-15-7-5-14(6-8-15)19-17(10-22)20(24)27-21(18(19)11-23)29-12-16-4-2-3-9-25-16/h1-8,13,32H,9-10,14H2,(H2,29,31);2-9H,12H2,1H3,(H2,24,27)(H,26,28). The number of anilines is 3. The van der Waals surface area contributed by atoms with E-state index in [9.17, 15) is 25.8 Å². The molecule has 0 saturated carbocycles. The zero-order valence-electron chi connectivity index (χ0n) is 33.7. The second-order valence-corrected chi connectivity index (χ2v) is 16.4. The van der Waals surface area contributed by atoms with Crippen LogP contribution in [-0.4, -0.2) is 44.2 Å². The van der Waals surface area contributed by atoms with Gasteiger partial charge >= 0.3 is 0 Å². The van der Waals surface area contributed by atoms with Crippen LogP contribution in [-0.2, 0) is 16.3 Å². The van der Waals surface area contributed by atoms with Crippen LogP contribution in [0.2, 0.25) is 5.02 Å². The Morgan fingerprint density at radius 1 is 0.734 bits per heavy atom. The number of aliphatic hydroxyl groups excluding tert-OH is 1. The molecule has 4 heterocycles. The van der Waals surface area contributed by atoms with E-state index in [2.05, 4.69) is 49.5 Å². The van der Waals surface area contributed by atoms with Gasteiger partial charge in [0.1, 0.15) is 74.5 Å². The van der Waals surface area contributed by atoms with Crippen molar-refractivity contribution in [1.29, 1.82) is 21.0 Å². The normalized spacial score (nSPS) is 10.3. The lowest BCUT2D eigenvalue weighted by molar-refractivity contribution is -0.114. The number of nitrogens with two attached hydrogens (primary N) is 2. The van der Waals surface area contributed by atoms with E-state index in [-0.39, 0.29) is 53.0 Å². The van der Waals surface area contributed by atoms with Crippen molar-refractivity contribution in [3.05, 3.63) is 141 Å². The van der Waals surface area contributed by atoms with Crippen molar-refractivity contribution in [3.8, 4) is 62.9 Å². The molecule has 6 N–H and O–H groups in total. The largest absolute Gasteiger partial charge is 0.491 e. The zero-order chi connectivity index (χ0) is 45.6. The number of hydrogen-bond donors (Lipinski definition) is 4. The van der Waals surface area contributed by atoms with Crippen molar-refractivity contribution in [3.63, 3.8) is 0 Å². The maximum atomic E-state index is 11.2.